The SMILES string of the molecule is C=C1CC[C@]2(C(=O)O[C@@H]3O[C@H](CO[C@@H]4OC[C@H](O[C@@H]5OC[C@](O)(CO)[C@H]5O)[C@H](O)[C@H]4O)[C@@H](O)[C@H](O)[C@H]3O)CC[C@]3(C)C(=CC[C@@H]4[C@@]5(C)CC[C@H](O[C@@H]6OC[C@H](O)[C@H](O[C@@H]7O[C@H](CO)[C@H](O)[C@H](O)[C@H]7O)[C@H]6O)C(C)(C)[C@@H]5CC[C@]43C)[C@@H]2C1. The number of ether oxygens (including phenoxy) is 10. The highest BCUT2D eigenvalue weighted by molar-refractivity contribution is 5.79. The van der Waals surface area contributed by atoms with Crippen LogP contribution in [0.5, 0.6) is 0 Å². The smallest absolute Gasteiger partial charge is 0.315 e. The van der Waals surface area contributed by atoms with E-state index in [0.29, 0.717) is 38.5 Å². The van der Waals surface area contributed by atoms with E-state index in [1.54, 1.807) is 0 Å². The average Bonchev–Trinajstić information content (AvgIpc) is 1.40. The van der Waals surface area contributed by atoms with Crippen molar-refractivity contribution in [2.45, 2.75) is 234 Å². The molecule has 25 nitrogen and oxygen atoms in total. The van der Waals surface area contributed by atoms with Crippen molar-refractivity contribution in [1.29, 1.82) is 0 Å². The van der Waals surface area contributed by atoms with Crippen LogP contribution in [-0.4, -0.2) is 252 Å². The standard InChI is InChI=1S/C56H88O25/c1-24-9-14-55(50(70)81-48-41(67)38(64)35(61)29(77-48)20-73-45-39(65)36(62)30(21-74-45)78-49-44(69)56(71,22-58)23-75-49)16-15-53(5)25(26(55)17-24)7-8-32-52(4)12-11-33(51(2,3)31(52)10-13-54(32,53)6)79-46-42(68)43(27(59)19-72-46)80-47-40(66)37(63)34(60)28(18-57)76-47/h7,26-49,57-69,71H,1,8-23H2,2-6H3/t26-,27-,28+,29+,30-,31-,32+,33-,34-,35+,36-,37-,38-,39+,40+,41+,42+,43-,44-,45+,46-,47-,48-,49-,52-,53+,54+,55-,56+/m0/s1. The van der Waals surface area contributed by atoms with Crippen LogP contribution in [-0.2, 0) is 52.2 Å². The van der Waals surface area contributed by atoms with Crippen molar-refractivity contribution >= 4 is 5.97 Å². The zero-order valence-electron chi connectivity index (χ0n) is 46.7. The molecule has 81 heavy (non-hydrogen) atoms. The van der Waals surface area contributed by atoms with Gasteiger partial charge in [-0.15, -0.1) is 0 Å². The van der Waals surface area contributed by atoms with Crippen LogP contribution in [0, 0.1) is 44.8 Å². The van der Waals surface area contributed by atoms with E-state index < -0.39 is 178 Å². The van der Waals surface area contributed by atoms with Gasteiger partial charge in [-0.2, -0.15) is 0 Å². The highest BCUT2D eigenvalue weighted by Crippen LogP contribution is 2.75. The second kappa shape index (κ2) is 23.0. The average molecular weight is 1160 g/mol. The Balaban J connectivity index is 0.797. The molecule has 14 N–H and O–H groups in total. The topological polar surface area (TPSA) is 393 Å². The number of aliphatic hydroxyl groups is 14. The van der Waals surface area contributed by atoms with Crippen LogP contribution < -0.4 is 0 Å². The van der Waals surface area contributed by atoms with Gasteiger partial charge in [0, 0.05) is 5.92 Å². The number of hydrogen-bond acceptors (Lipinski definition) is 25. The number of rotatable bonds is 13. The highest BCUT2D eigenvalue weighted by Gasteiger charge is 2.70. The quantitative estimate of drug-likeness (QED) is 0.0505. The van der Waals surface area contributed by atoms with Crippen molar-refractivity contribution in [2.24, 2.45) is 44.8 Å². The summed E-state index contributed by atoms with van der Waals surface area (Å²) in [5, 5.41) is 149. The van der Waals surface area contributed by atoms with Crippen LogP contribution in [0.15, 0.2) is 23.8 Å². The monoisotopic (exact) mass is 1160 g/mol. The first kappa shape index (κ1) is 62.1. The number of esters is 1. The zero-order chi connectivity index (χ0) is 58.7. The fraction of sp³-hybridized carbons (Fsp3) is 0.911. The lowest BCUT2D eigenvalue weighted by molar-refractivity contribution is -0.357. The van der Waals surface area contributed by atoms with Gasteiger partial charge in [-0.1, -0.05) is 58.4 Å². The number of carbonyl (C=O) groups is 1. The number of hydrogen-bond donors (Lipinski definition) is 14. The maximum absolute atomic E-state index is 15.0. The molecule has 5 aliphatic carbocycles. The Morgan fingerprint density at radius 3 is 2.02 bits per heavy atom. The Morgan fingerprint density at radius 2 is 1.33 bits per heavy atom. The van der Waals surface area contributed by atoms with Crippen LogP contribution in [0.4, 0.5) is 0 Å². The second-order valence-corrected chi connectivity index (χ2v) is 26.5. The number of fused-ring (bicyclic) bond motifs is 7. The molecule has 5 saturated heterocycles. The van der Waals surface area contributed by atoms with E-state index in [2.05, 4.69) is 47.3 Å². The van der Waals surface area contributed by atoms with Crippen molar-refractivity contribution < 1.29 is 124 Å². The van der Waals surface area contributed by atoms with Gasteiger partial charge < -0.3 is 119 Å². The molecule has 25 heteroatoms. The number of allylic oxidation sites excluding steroid dienone is 3. The molecule has 462 valence electrons. The van der Waals surface area contributed by atoms with Gasteiger partial charge in [0.15, 0.2) is 25.2 Å². The van der Waals surface area contributed by atoms with Crippen molar-refractivity contribution in [3.05, 3.63) is 23.8 Å². The Morgan fingerprint density at radius 1 is 0.667 bits per heavy atom. The molecule has 9 fully saturated rings. The molecule has 5 aliphatic heterocycles. The fourth-order valence-electron chi connectivity index (χ4n) is 16.6. The summed E-state index contributed by atoms with van der Waals surface area (Å²) in [7, 11) is 0. The number of aliphatic hydroxyl groups excluding tert-OH is 13. The summed E-state index contributed by atoms with van der Waals surface area (Å²) in [5.74, 6) is -0.527. The van der Waals surface area contributed by atoms with Gasteiger partial charge in [0.2, 0.25) is 6.29 Å². The molecule has 0 aromatic rings. The van der Waals surface area contributed by atoms with Crippen LogP contribution in [0.3, 0.4) is 0 Å². The summed E-state index contributed by atoms with van der Waals surface area (Å²) < 4.78 is 58.2. The second-order valence-electron chi connectivity index (χ2n) is 26.5. The van der Waals surface area contributed by atoms with E-state index in [0.717, 1.165) is 31.3 Å². The largest absolute Gasteiger partial charge is 0.432 e. The van der Waals surface area contributed by atoms with E-state index in [1.165, 1.54) is 5.57 Å². The van der Waals surface area contributed by atoms with Gasteiger partial charge in [0.1, 0.15) is 97.2 Å². The Kier molecular flexibility index (Phi) is 17.6. The molecule has 0 spiro atoms. The van der Waals surface area contributed by atoms with Crippen LogP contribution in [0.1, 0.15) is 98.8 Å². The molecular weight excluding hydrogens is 1070 g/mol. The van der Waals surface area contributed by atoms with Crippen molar-refractivity contribution in [3.8, 4) is 0 Å². The Bertz CT molecular complexity index is 2290. The maximum Gasteiger partial charge on any atom is 0.315 e. The summed E-state index contributed by atoms with van der Waals surface area (Å²) >= 11 is 0. The van der Waals surface area contributed by atoms with E-state index >= 15 is 4.79 Å². The Hall–Kier alpha value is -1.97. The molecule has 5 heterocycles. The molecule has 10 rings (SSSR count). The minimum absolute atomic E-state index is 0.162. The third-order valence-corrected chi connectivity index (χ3v) is 21.9. The van der Waals surface area contributed by atoms with Gasteiger partial charge in [-0.05, 0) is 97.7 Å². The molecule has 29 atom stereocenters. The lowest BCUT2D eigenvalue weighted by atomic mass is 9.34. The predicted octanol–water partition coefficient (Wildman–Crippen LogP) is -2.76. The molecule has 10 aliphatic rings. The molecule has 0 radical (unpaired) electrons. The van der Waals surface area contributed by atoms with Crippen LogP contribution in [0.25, 0.3) is 0 Å². The van der Waals surface area contributed by atoms with E-state index in [9.17, 15) is 71.5 Å². The maximum atomic E-state index is 15.0. The molecule has 0 bridgehead atoms. The first-order chi connectivity index (χ1) is 38.1. The molecule has 0 aromatic carbocycles. The molecule has 0 aromatic heterocycles. The summed E-state index contributed by atoms with van der Waals surface area (Å²) in [6.07, 6.45) is -22.9. The van der Waals surface area contributed by atoms with Gasteiger partial charge in [0.05, 0.1) is 51.2 Å². The van der Waals surface area contributed by atoms with Crippen molar-refractivity contribution in [3.63, 3.8) is 0 Å². The fourth-order valence-corrected chi connectivity index (χ4v) is 16.6. The lowest BCUT2D eigenvalue weighted by Gasteiger charge is -2.71. The summed E-state index contributed by atoms with van der Waals surface area (Å²) in [6.45, 7) is 12.7. The molecule has 0 amide bonds. The molecule has 0 unspecified atom stereocenters. The highest BCUT2D eigenvalue weighted by atomic mass is 16.8. The number of carbonyl (C=O) groups excluding carboxylic acids is 1. The van der Waals surface area contributed by atoms with Crippen molar-refractivity contribution in [2.75, 3.05) is 39.6 Å². The van der Waals surface area contributed by atoms with E-state index in [-0.39, 0.29) is 47.2 Å². The van der Waals surface area contributed by atoms with Gasteiger partial charge in [-0.3, -0.25) is 4.79 Å². The van der Waals surface area contributed by atoms with Gasteiger partial charge in [-0.25, -0.2) is 0 Å². The third-order valence-electron chi connectivity index (χ3n) is 21.9. The summed E-state index contributed by atoms with van der Waals surface area (Å²) in [5.41, 5.74) is -2.04. The third kappa shape index (κ3) is 10.3. The molecule has 4 saturated carbocycles. The van der Waals surface area contributed by atoms with Crippen LogP contribution in [0.2, 0.25) is 0 Å². The van der Waals surface area contributed by atoms with Gasteiger partial charge >= 0.3 is 5.97 Å². The van der Waals surface area contributed by atoms with E-state index in [1.807, 2.05) is 0 Å². The molecular formula is C56H88O25. The van der Waals surface area contributed by atoms with Crippen molar-refractivity contribution in [1.82, 2.24) is 0 Å². The predicted molar refractivity (Wildman–Crippen MR) is 273 cm³/mol. The zero-order valence-corrected chi connectivity index (χ0v) is 46.7. The first-order valence-corrected chi connectivity index (χ1v) is 28.9. The summed E-state index contributed by atoms with van der Waals surface area (Å²) in [4.78, 5) is 15.0. The Labute approximate surface area is 470 Å². The minimum atomic E-state index is -1.99. The normalized spacial score (nSPS) is 53.6. The first-order valence-electron chi connectivity index (χ1n) is 28.9. The summed E-state index contributed by atoms with van der Waals surface area (Å²) in [6, 6.07) is 0. The van der Waals surface area contributed by atoms with E-state index in [4.69, 9.17) is 47.4 Å². The lowest BCUT2D eigenvalue weighted by Crippen LogP contribution is -2.66. The van der Waals surface area contributed by atoms with Gasteiger partial charge in [0.25, 0.3) is 0 Å². The minimum Gasteiger partial charge on any atom is -0.432 e. The van der Waals surface area contributed by atoms with Crippen LogP contribution >= 0.6 is 0 Å².